The first-order valence-electron chi connectivity index (χ1n) is 6.36. The number of hydrogen-bond donors (Lipinski definition) is 1. The summed E-state index contributed by atoms with van der Waals surface area (Å²) in [6, 6.07) is 10.5. The quantitative estimate of drug-likeness (QED) is 0.737. The summed E-state index contributed by atoms with van der Waals surface area (Å²) in [5.74, 6) is 0. The van der Waals surface area contributed by atoms with Crippen LogP contribution in [0.25, 0.3) is 0 Å². The fraction of sp³-hybridized carbons (Fsp3) is 0.333. The molecule has 0 aliphatic heterocycles. The summed E-state index contributed by atoms with van der Waals surface area (Å²) in [5.41, 5.74) is 2.50. The van der Waals surface area contributed by atoms with Crippen molar-refractivity contribution in [1.82, 2.24) is 5.32 Å². The molecule has 2 rings (SSSR count). The standard InChI is InChI=1S/C15H17BrClNS/c1-3-7-18-14(11-5-4-6-12(17)9-11)13-8-10(2)15(16)19-13/h4-6,8-9,14,18H,3,7H2,1-2H3. The minimum absolute atomic E-state index is 0.216. The lowest BCUT2D eigenvalue weighted by Crippen LogP contribution is -2.22. The van der Waals surface area contributed by atoms with Gasteiger partial charge in [0.1, 0.15) is 0 Å². The first-order chi connectivity index (χ1) is 9.11. The molecule has 1 aromatic carbocycles. The Balaban J connectivity index is 2.35. The minimum Gasteiger partial charge on any atom is -0.306 e. The van der Waals surface area contributed by atoms with E-state index in [0.29, 0.717) is 0 Å². The van der Waals surface area contributed by atoms with E-state index in [1.165, 1.54) is 19.8 Å². The Morgan fingerprint density at radius 1 is 1.37 bits per heavy atom. The van der Waals surface area contributed by atoms with Gasteiger partial charge in [0.25, 0.3) is 0 Å². The summed E-state index contributed by atoms with van der Waals surface area (Å²) >= 11 is 11.5. The highest BCUT2D eigenvalue weighted by Crippen LogP contribution is 2.34. The molecule has 1 heterocycles. The Labute approximate surface area is 132 Å². The van der Waals surface area contributed by atoms with Crippen LogP contribution in [0.15, 0.2) is 34.1 Å². The van der Waals surface area contributed by atoms with Crippen LogP contribution in [0.3, 0.4) is 0 Å². The van der Waals surface area contributed by atoms with Crippen LogP contribution in [0.2, 0.25) is 5.02 Å². The molecule has 0 saturated carbocycles. The number of hydrogen-bond acceptors (Lipinski definition) is 2. The molecular weight excluding hydrogens is 342 g/mol. The average molecular weight is 359 g/mol. The van der Waals surface area contributed by atoms with Crippen LogP contribution in [0, 0.1) is 6.92 Å². The zero-order valence-electron chi connectivity index (χ0n) is 11.0. The van der Waals surface area contributed by atoms with Gasteiger partial charge in [-0.15, -0.1) is 11.3 Å². The number of halogens is 2. The van der Waals surface area contributed by atoms with Crippen molar-refractivity contribution in [1.29, 1.82) is 0 Å². The van der Waals surface area contributed by atoms with Crippen molar-refractivity contribution < 1.29 is 0 Å². The third kappa shape index (κ3) is 3.82. The van der Waals surface area contributed by atoms with Crippen molar-refractivity contribution in [2.75, 3.05) is 6.54 Å². The van der Waals surface area contributed by atoms with Crippen LogP contribution in [-0.2, 0) is 0 Å². The van der Waals surface area contributed by atoms with Gasteiger partial charge in [0.15, 0.2) is 0 Å². The molecule has 0 radical (unpaired) electrons. The number of thiophene rings is 1. The van der Waals surface area contributed by atoms with Gasteiger partial charge in [-0.2, -0.15) is 0 Å². The molecule has 1 aromatic heterocycles. The van der Waals surface area contributed by atoms with Gasteiger partial charge in [-0.3, -0.25) is 0 Å². The lowest BCUT2D eigenvalue weighted by Gasteiger charge is -2.18. The molecule has 1 N–H and O–H groups in total. The monoisotopic (exact) mass is 357 g/mol. The molecule has 0 amide bonds. The molecular formula is C15H17BrClNS. The van der Waals surface area contributed by atoms with Gasteiger partial charge in [0.2, 0.25) is 0 Å². The molecule has 1 atom stereocenters. The van der Waals surface area contributed by atoms with Gasteiger partial charge in [-0.25, -0.2) is 0 Å². The van der Waals surface area contributed by atoms with E-state index in [2.05, 4.69) is 47.2 Å². The van der Waals surface area contributed by atoms with E-state index in [4.69, 9.17) is 11.6 Å². The molecule has 0 saturated heterocycles. The van der Waals surface area contributed by atoms with Crippen LogP contribution in [0.1, 0.15) is 35.4 Å². The third-order valence-corrected chi connectivity index (χ3v) is 5.38. The van der Waals surface area contributed by atoms with E-state index in [1.54, 1.807) is 11.3 Å². The van der Waals surface area contributed by atoms with Gasteiger partial charge in [0.05, 0.1) is 9.83 Å². The first kappa shape index (κ1) is 15.0. The van der Waals surface area contributed by atoms with Gasteiger partial charge in [-0.05, 0) is 65.1 Å². The van der Waals surface area contributed by atoms with Crippen molar-refractivity contribution in [2.45, 2.75) is 26.3 Å². The molecule has 19 heavy (non-hydrogen) atoms. The van der Waals surface area contributed by atoms with Crippen molar-refractivity contribution >= 4 is 38.9 Å². The Hall–Kier alpha value is -0.350. The van der Waals surface area contributed by atoms with E-state index in [1.807, 2.05) is 18.2 Å². The first-order valence-corrected chi connectivity index (χ1v) is 8.35. The van der Waals surface area contributed by atoms with Crippen molar-refractivity contribution in [2.24, 2.45) is 0 Å². The maximum absolute atomic E-state index is 6.11. The van der Waals surface area contributed by atoms with Gasteiger partial charge in [-0.1, -0.05) is 30.7 Å². The topological polar surface area (TPSA) is 12.0 Å². The smallest absolute Gasteiger partial charge is 0.0731 e. The van der Waals surface area contributed by atoms with Gasteiger partial charge in [0, 0.05) is 9.90 Å². The summed E-state index contributed by atoms with van der Waals surface area (Å²) in [5, 5.41) is 4.39. The van der Waals surface area contributed by atoms with Crippen molar-refractivity contribution in [3.05, 3.63) is 55.1 Å². The third-order valence-electron chi connectivity index (χ3n) is 2.94. The summed E-state index contributed by atoms with van der Waals surface area (Å²) in [4.78, 5) is 1.32. The minimum atomic E-state index is 0.216. The Morgan fingerprint density at radius 2 is 2.16 bits per heavy atom. The van der Waals surface area contributed by atoms with Crippen LogP contribution < -0.4 is 5.32 Å². The maximum Gasteiger partial charge on any atom is 0.0731 e. The van der Waals surface area contributed by atoms with Crippen LogP contribution in [0.4, 0.5) is 0 Å². The zero-order valence-corrected chi connectivity index (χ0v) is 14.2. The molecule has 0 spiro atoms. The predicted molar refractivity (Wildman–Crippen MR) is 88.3 cm³/mol. The highest BCUT2D eigenvalue weighted by molar-refractivity contribution is 9.11. The van der Waals surface area contributed by atoms with Crippen LogP contribution in [0.5, 0.6) is 0 Å². The van der Waals surface area contributed by atoms with Crippen molar-refractivity contribution in [3.8, 4) is 0 Å². The van der Waals surface area contributed by atoms with E-state index < -0.39 is 0 Å². The molecule has 4 heteroatoms. The molecule has 1 unspecified atom stereocenters. The Bertz CT molecular complexity index is 533. The maximum atomic E-state index is 6.11. The molecule has 0 bridgehead atoms. The highest BCUT2D eigenvalue weighted by Gasteiger charge is 2.17. The Kier molecular flexibility index (Phi) is 5.46. The van der Waals surface area contributed by atoms with E-state index in [9.17, 15) is 0 Å². The molecule has 1 nitrogen and oxygen atoms in total. The summed E-state index contributed by atoms with van der Waals surface area (Å²) in [6.45, 7) is 5.29. The number of aryl methyl sites for hydroxylation is 1. The highest BCUT2D eigenvalue weighted by atomic mass is 79.9. The molecule has 2 aromatic rings. The summed E-state index contributed by atoms with van der Waals surface area (Å²) in [7, 11) is 0. The van der Waals surface area contributed by atoms with Gasteiger partial charge < -0.3 is 5.32 Å². The molecule has 102 valence electrons. The lowest BCUT2D eigenvalue weighted by molar-refractivity contribution is 0.606. The zero-order chi connectivity index (χ0) is 13.8. The molecule has 0 aliphatic rings. The second-order valence-corrected chi connectivity index (χ2v) is 7.39. The number of rotatable bonds is 5. The fourth-order valence-electron chi connectivity index (χ4n) is 1.98. The normalized spacial score (nSPS) is 12.6. The van der Waals surface area contributed by atoms with E-state index in [0.717, 1.165) is 18.0 Å². The largest absolute Gasteiger partial charge is 0.306 e. The van der Waals surface area contributed by atoms with E-state index >= 15 is 0 Å². The SMILES string of the molecule is CCCNC(c1cccc(Cl)c1)c1cc(C)c(Br)s1. The van der Waals surface area contributed by atoms with Crippen LogP contribution in [-0.4, -0.2) is 6.54 Å². The second kappa shape index (κ2) is 6.89. The average Bonchev–Trinajstić information content (AvgIpc) is 2.70. The van der Waals surface area contributed by atoms with Crippen molar-refractivity contribution in [3.63, 3.8) is 0 Å². The number of benzene rings is 1. The van der Waals surface area contributed by atoms with Crippen LogP contribution >= 0.6 is 38.9 Å². The fourth-order valence-corrected chi connectivity index (χ4v) is 3.86. The molecule has 0 aliphatic carbocycles. The Morgan fingerprint density at radius 3 is 2.74 bits per heavy atom. The number of nitrogens with one attached hydrogen (secondary N) is 1. The van der Waals surface area contributed by atoms with Gasteiger partial charge >= 0.3 is 0 Å². The lowest BCUT2D eigenvalue weighted by atomic mass is 10.0. The molecule has 0 fully saturated rings. The summed E-state index contributed by atoms with van der Waals surface area (Å²) < 4.78 is 1.20. The van der Waals surface area contributed by atoms with E-state index in [-0.39, 0.29) is 6.04 Å². The predicted octanol–water partition coefficient (Wildman–Crippen LogP) is 5.56. The second-order valence-electron chi connectivity index (χ2n) is 4.55. The summed E-state index contributed by atoms with van der Waals surface area (Å²) in [6.07, 6.45) is 1.11.